The molecule has 1 fully saturated rings. The predicted octanol–water partition coefficient (Wildman–Crippen LogP) is 3.76. The van der Waals surface area contributed by atoms with Gasteiger partial charge in [0.2, 0.25) is 6.39 Å². The van der Waals surface area contributed by atoms with Crippen LogP contribution >= 0.6 is 11.8 Å². The summed E-state index contributed by atoms with van der Waals surface area (Å²) in [4.78, 5) is 4.23. The number of alkyl halides is 3. The summed E-state index contributed by atoms with van der Waals surface area (Å²) < 4.78 is 41.5. The zero-order valence-electron chi connectivity index (χ0n) is 9.65. The van der Waals surface area contributed by atoms with E-state index in [1.54, 1.807) is 12.1 Å². The Labute approximate surface area is 111 Å². The lowest BCUT2D eigenvalue weighted by atomic mass is 9.95. The molecule has 0 atom stereocenters. The number of rotatable bonds is 3. The van der Waals surface area contributed by atoms with E-state index in [4.69, 9.17) is 4.52 Å². The molecule has 100 valence electrons. The highest BCUT2D eigenvalue weighted by molar-refractivity contribution is 8.00. The van der Waals surface area contributed by atoms with Crippen LogP contribution in [0.3, 0.4) is 0 Å². The van der Waals surface area contributed by atoms with E-state index in [0.717, 1.165) is 18.4 Å². The summed E-state index contributed by atoms with van der Waals surface area (Å²) in [5, 5.41) is 3.84. The summed E-state index contributed by atoms with van der Waals surface area (Å²) in [7, 11) is 0. The molecule has 1 heterocycles. The number of thioether (sulfide) groups is 1. The average molecular weight is 286 g/mol. The molecule has 2 aromatic rings. The van der Waals surface area contributed by atoms with Gasteiger partial charge in [0, 0.05) is 4.90 Å². The lowest BCUT2D eigenvalue weighted by Crippen LogP contribution is -2.10. The van der Waals surface area contributed by atoms with Crippen LogP contribution in [0.25, 0.3) is 0 Å². The molecule has 0 saturated heterocycles. The van der Waals surface area contributed by atoms with Gasteiger partial charge in [0.05, 0.1) is 5.41 Å². The van der Waals surface area contributed by atoms with E-state index < -0.39 is 5.51 Å². The van der Waals surface area contributed by atoms with Gasteiger partial charge in [-0.2, -0.15) is 18.2 Å². The van der Waals surface area contributed by atoms with Crippen LogP contribution in [-0.4, -0.2) is 15.6 Å². The zero-order chi connectivity index (χ0) is 13.5. The van der Waals surface area contributed by atoms with Crippen molar-refractivity contribution in [2.24, 2.45) is 0 Å². The van der Waals surface area contributed by atoms with Gasteiger partial charge in [0.15, 0.2) is 5.82 Å². The van der Waals surface area contributed by atoms with Crippen LogP contribution in [0.4, 0.5) is 13.2 Å². The first kappa shape index (κ1) is 12.5. The first-order chi connectivity index (χ1) is 9.00. The molecule has 0 spiro atoms. The summed E-state index contributed by atoms with van der Waals surface area (Å²) >= 11 is -0.112. The van der Waals surface area contributed by atoms with E-state index in [1.165, 1.54) is 18.5 Å². The number of halogens is 3. The molecule has 3 rings (SSSR count). The molecule has 1 aromatic carbocycles. The van der Waals surface area contributed by atoms with E-state index >= 15 is 0 Å². The lowest BCUT2D eigenvalue weighted by molar-refractivity contribution is -0.0328. The van der Waals surface area contributed by atoms with Gasteiger partial charge >= 0.3 is 5.51 Å². The molecular weight excluding hydrogens is 277 g/mol. The van der Waals surface area contributed by atoms with E-state index in [0.29, 0.717) is 5.82 Å². The Kier molecular flexibility index (Phi) is 2.81. The fraction of sp³-hybridized carbons (Fsp3) is 0.333. The summed E-state index contributed by atoms with van der Waals surface area (Å²) in [5.74, 6) is 0.601. The van der Waals surface area contributed by atoms with Gasteiger partial charge in [-0.1, -0.05) is 17.3 Å². The second-order valence-corrected chi connectivity index (χ2v) is 5.55. The minimum atomic E-state index is -4.26. The lowest BCUT2D eigenvalue weighted by Gasteiger charge is -2.12. The van der Waals surface area contributed by atoms with Crippen molar-refractivity contribution < 1.29 is 17.7 Å². The van der Waals surface area contributed by atoms with Gasteiger partial charge in [-0.05, 0) is 42.3 Å². The highest BCUT2D eigenvalue weighted by atomic mass is 32.2. The molecule has 0 aliphatic heterocycles. The van der Waals surface area contributed by atoms with Crippen LogP contribution in [0.15, 0.2) is 40.1 Å². The van der Waals surface area contributed by atoms with E-state index in [9.17, 15) is 13.2 Å². The molecule has 1 aliphatic carbocycles. The highest BCUT2D eigenvalue weighted by Crippen LogP contribution is 2.52. The first-order valence-electron chi connectivity index (χ1n) is 5.63. The van der Waals surface area contributed by atoms with E-state index in [1.807, 2.05) is 0 Å². The third-order valence-electron chi connectivity index (χ3n) is 3.18. The number of aromatic nitrogens is 2. The number of hydrogen-bond acceptors (Lipinski definition) is 4. The van der Waals surface area contributed by atoms with Crippen LogP contribution in [0.1, 0.15) is 24.2 Å². The first-order valence-corrected chi connectivity index (χ1v) is 6.44. The zero-order valence-corrected chi connectivity index (χ0v) is 10.5. The SMILES string of the molecule is FC(F)(F)Sc1ccc(C2(c3ncon3)CC2)cc1. The van der Waals surface area contributed by atoms with Gasteiger partial charge in [-0.3, -0.25) is 0 Å². The smallest absolute Gasteiger partial charge is 0.343 e. The minimum absolute atomic E-state index is 0.112. The highest BCUT2D eigenvalue weighted by Gasteiger charge is 2.49. The molecule has 19 heavy (non-hydrogen) atoms. The maximum Gasteiger partial charge on any atom is 0.446 e. The molecule has 0 bridgehead atoms. The molecular formula is C12H9F3N2OS. The summed E-state index contributed by atoms with van der Waals surface area (Å²) in [5.41, 5.74) is -3.60. The Morgan fingerprint density at radius 2 is 1.84 bits per heavy atom. The van der Waals surface area contributed by atoms with Crippen LogP contribution < -0.4 is 0 Å². The fourth-order valence-electron chi connectivity index (χ4n) is 2.12. The second-order valence-electron chi connectivity index (χ2n) is 4.41. The Morgan fingerprint density at radius 1 is 1.16 bits per heavy atom. The second kappa shape index (κ2) is 4.26. The maximum absolute atomic E-state index is 12.2. The maximum atomic E-state index is 12.2. The van der Waals surface area contributed by atoms with Gasteiger partial charge in [-0.25, -0.2) is 0 Å². The normalized spacial score (nSPS) is 17.4. The molecule has 0 unspecified atom stereocenters. The third-order valence-corrected chi connectivity index (χ3v) is 3.92. The monoisotopic (exact) mass is 286 g/mol. The topological polar surface area (TPSA) is 38.9 Å². The number of hydrogen-bond donors (Lipinski definition) is 0. The molecule has 0 radical (unpaired) electrons. The van der Waals surface area contributed by atoms with Crippen molar-refractivity contribution in [2.45, 2.75) is 28.7 Å². The van der Waals surface area contributed by atoms with Gasteiger partial charge in [0.1, 0.15) is 0 Å². The number of benzene rings is 1. The Bertz CT molecular complexity index is 562. The Hall–Kier alpha value is -1.50. The van der Waals surface area contributed by atoms with Crippen LogP contribution in [0.5, 0.6) is 0 Å². The molecule has 1 aromatic heterocycles. The third kappa shape index (κ3) is 2.47. The van der Waals surface area contributed by atoms with Crippen molar-refractivity contribution in [3.05, 3.63) is 42.0 Å². The largest absolute Gasteiger partial charge is 0.446 e. The Balaban J connectivity index is 1.84. The molecule has 3 nitrogen and oxygen atoms in total. The van der Waals surface area contributed by atoms with Gasteiger partial charge in [-0.15, -0.1) is 0 Å². The summed E-state index contributed by atoms with van der Waals surface area (Å²) in [6.07, 6.45) is 3.04. The quantitative estimate of drug-likeness (QED) is 0.805. The van der Waals surface area contributed by atoms with Crippen LogP contribution in [-0.2, 0) is 5.41 Å². The van der Waals surface area contributed by atoms with Crippen molar-refractivity contribution in [1.29, 1.82) is 0 Å². The van der Waals surface area contributed by atoms with Crippen molar-refractivity contribution in [2.75, 3.05) is 0 Å². The van der Waals surface area contributed by atoms with Crippen LogP contribution in [0.2, 0.25) is 0 Å². The Morgan fingerprint density at radius 3 is 2.32 bits per heavy atom. The van der Waals surface area contributed by atoms with E-state index in [2.05, 4.69) is 10.1 Å². The predicted molar refractivity (Wildman–Crippen MR) is 62.7 cm³/mol. The summed E-state index contributed by atoms with van der Waals surface area (Å²) in [6, 6.07) is 6.37. The molecule has 1 aliphatic rings. The van der Waals surface area contributed by atoms with Crippen molar-refractivity contribution >= 4 is 11.8 Å². The van der Waals surface area contributed by atoms with Crippen molar-refractivity contribution in [3.8, 4) is 0 Å². The standard InChI is InChI=1S/C12H9F3N2OS/c13-12(14,15)19-9-3-1-8(2-4-9)11(5-6-11)10-16-7-18-17-10/h1-4,7H,5-6H2. The molecule has 7 heteroatoms. The van der Waals surface area contributed by atoms with Crippen molar-refractivity contribution in [3.63, 3.8) is 0 Å². The van der Waals surface area contributed by atoms with Crippen molar-refractivity contribution in [1.82, 2.24) is 10.1 Å². The average Bonchev–Trinajstić information content (AvgIpc) is 2.96. The van der Waals surface area contributed by atoms with Crippen LogP contribution in [0, 0.1) is 0 Å². The van der Waals surface area contributed by atoms with Gasteiger partial charge < -0.3 is 4.52 Å². The van der Waals surface area contributed by atoms with E-state index in [-0.39, 0.29) is 22.1 Å². The number of nitrogens with zero attached hydrogens (tertiary/aromatic N) is 2. The van der Waals surface area contributed by atoms with Gasteiger partial charge in [0.25, 0.3) is 0 Å². The summed E-state index contributed by atoms with van der Waals surface area (Å²) in [6.45, 7) is 0. The molecule has 0 amide bonds. The minimum Gasteiger partial charge on any atom is -0.343 e. The molecule has 1 saturated carbocycles. The fourth-order valence-corrected chi connectivity index (χ4v) is 2.66. The molecule has 0 N–H and O–H groups in total.